The van der Waals surface area contributed by atoms with Gasteiger partial charge in [-0.1, -0.05) is 43.7 Å². The van der Waals surface area contributed by atoms with Crippen molar-refractivity contribution in [3.8, 4) is 5.75 Å². The standard InChI is InChI=1S/C18H20N2O2S/c1-2-3-13-22-16-12-8-7-11-15(16)19-18(23)20-17(21)14-9-5-4-6-10-14/h4-12H,2-3,13H2,1H3,(H2,19,20,21,23). The largest absolute Gasteiger partial charge is 0.491 e. The molecule has 0 fully saturated rings. The summed E-state index contributed by atoms with van der Waals surface area (Å²) in [6.45, 7) is 2.76. The monoisotopic (exact) mass is 328 g/mol. The van der Waals surface area contributed by atoms with Gasteiger partial charge in [0.2, 0.25) is 0 Å². The summed E-state index contributed by atoms with van der Waals surface area (Å²) in [4.78, 5) is 12.1. The first kappa shape index (κ1) is 17.0. The highest BCUT2D eigenvalue weighted by molar-refractivity contribution is 7.80. The Morgan fingerprint density at radius 2 is 1.78 bits per heavy atom. The maximum atomic E-state index is 12.1. The highest BCUT2D eigenvalue weighted by atomic mass is 32.1. The van der Waals surface area contributed by atoms with Crippen LogP contribution in [0.2, 0.25) is 0 Å². The van der Waals surface area contributed by atoms with Crippen molar-refractivity contribution in [3.63, 3.8) is 0 Å². The highest BCUT2D eigenvalue weighted by Gasteiger charge is 2.09. The Morgan fingerprint density at radius 3 is 2.52 bits per heavy atom. The molecule has 2 N–H and O–H groups in total. The molecule has 0 aromatic heterocycles. The summed E-state index contributed by atoms with van der Waals surface area (Å²) < 4.78 is 5.73. The summed E-state index contributed by atoms with van der Waals surface area (Å²) >= 11 is 5.21. The van der Waals surface area contributed by atoms with Crippen molar-refractivity contribution in [2.75, 3.05) is 11.9 Å². The van der Waals surface area contributed by atoms with Crippen LogP contribution in [-0.2, 0) is 0 Å². The molecule has 0 atom stereocenters. The van der Waals surface area contributed by atoms with Gasteiger partial charge in [0.05, 0.1) is 12.3 Å². The van der Waals surface area contributed by atoms with Crippen molar-refractivity contribution in [1.82, 2.24) is 5.32 Å². The molecule has 1 amide bonds. The van der Waals surface area contributed by atoms with Crippen LogP contribution in [0.25, 0.3) is 0 Å². The van der Waals surface area contributed by atoms with E-state index in [0.717, 1.165) is 24.3 Å². The van der Waals surface area contributed by atoms with E-state index in [1.807, 2.05) is 42.5 Å². The summed E-state index contributed by atoms with van der Waals surface area (Å²) in [7, 11) is 0. The van der Waals surface area contributed by atoms with E-state index in [1.165, 1.54) is 0 Å². The average molecular weight is 328 g/mol. The predicted molar refractivity (Wildman–Crippen MR) is 97.0 cm³/mol. The number of hydrogen-bond acceptors (Lipinski definition) is 3. The zero-order valence-corrected chi connectivity index (χ0v) is 13.9. The number of nitrogens with one attached hydrogen (secondary N) is 2. The van der Waals surface area contributed by atoms with E-state index < -0.39 is 0 Å². The van der Waals surface area contributed by atoms with Crippen molar-refractivity contribution in [1.29, 1.82) is 0 Å². The molecule has 2 rings (SSSR count). The van der Waals surface area contributed by atoms with E-state index >= 15 is 0 Å². The molecule has 2 aromatic carbocycles. The van der Waals surface area contributed by atoms with Crippen molar-refractivity contribution >= 4 is 28.9 Å². The van der Waals surface area contributed by atoms with Crippen molar-refractivity contribution < 1.29 is 9.53 Å². The third-order valence-electron chi connectivity index (χ3n) is 3.15. The number of benzene rings is 2. The van der Waals surface area contributed by atoms with Gasteiger partial charge in [-0.25, -0.2) is 0 Å². The van der Waals surface area contributed by atoms with Gasteiger partial charge in [0.15, 0.2) is 5.11 Å². The lowest BCUT2D eigenvalue weighted by Gasteiger charge is -2.14. The molecule has 0 aliphatic carbocycles. The Balaban J connectivity index is 1.96. The fourth-order valence-electron chi connectivity index (χ4n) is 1.94. The van der Waals surface area contributed by atoms with Gasteiger partial charge in [-0.05, 0) is 42.9 Å². The minimum Gasteiger partial charge on any atom is -0.491 e. The van der Waals surface area contributed by atoms with E-state index in [9.17, 15) is 4.79 Å². The molecule has 23 heavy (non-hydrogen) atoms. The van der Waals surface area contributed by atoms with Crippen molar-refractivity contribution in [3.05, 3.63) is 60.2 Å². The van der Waals surface area contributed by atoms with Crippen LogP contribution in [0.5, 0.6) is 5.75 Å². The van der Waals surface area contributed by atoms with Crippen LogP contribution in [0.1, 0.15) is 30.1 Å². The van der Waals surface area contributed by atoms with Gasteiger partial charge in [0, 0.05) is 5.56 Å². The third kappa shape index (κ3) is 5.38. The molecule has 0 aliphatic heterocycles. The Morgan fingerprint density at radius 1 is 1.09 bits per heavy atom. The molecule has 0 heterocycles. The molecule has 4 nitrogen and oxygen atoms in total. The predicted octanol–water partition coefficient (Wildman–Crippen LogP) is 3.99. The van der Waals surface area contributed by atoms with Crippen molar-refractivity contribution in [2.24, 2.45) is 0 Å². The molecule has 5 heteroatoms. The molecule has 0 unspecified atom stereocenters. The lowest BCUT2D eigenvalue weighted by atomic mass is 10.2. The second-order valence-corrected chi connectivity index (χ2v) is 5.38. The van der Waals surface area contributed by atoms with Crippen LogP contribution in [-0.4, -0.2) is 17.6 Å². The SMILES string of the molecule is CCCCOc1ccccc1NC(=S)NC(=O)c1ccccc1. The number of carbonyl (C=O) groups excluding carboxylic acids is 1. The van der Waals surface area contributed by atoms with E-state index in [2.05, 4.69) is 17.6 Å². The number of hydrogen-bond donors (Lipinski definition) is 2. The summed E-state index contributed by atoms with van der Waals surface area (Å²) in [6, 6.07) is 16.5. The lowest BCUT2D eigenvalue weighted by Crippen LogP contribution is -2.34. The summed E-state index contributed by atoms with van der Waals surface area (Å²) in [5.74, 6) is 0.477. The number of carbonyl (C=O) groups is 1. The maximum absolute atomic E-state index is 12.1. The van der Waals surface area contributed by atoms with E-state index in [1.54, 1.807) is 12.1 Å². The Hall–Kier alpha value is -2.40. The third-order valence-corrected chi connectivity index (χ3v) is 3.36. The van der Waals surface area contributed by atoms with Crippen LogP contribution in [0, 0.1) is 0 Å². The second-order valence-electron chi connectivity index (χ2n) is 4.97. The first-order valence-corrected chi connectivity index (χ1v) is 8.00. The molecule has 0 saturated heterocycles. The zero-order chi connectivity index (χ0) is 16.5. The van der Waals surface area contributed by atoms with Crippen LogP contribution >= 0.6 is 12.2 Å². The van der Waals surface area contributed by atoms with Crippen molar-refractivity contribution in [2.45, 2.75) is 19.8 Å². The number of rotatable bonds is 6. The van der Waals surface area contributed by atoms with Gasteiger partial charge < -0.3 is 10.1 Å². The van der Waals surface area contributed by atoms with Gasteiger partial charge in [0.1, 0.15) is 5.75 Å². The van der Waals surface area contributed by atoms with Crippen LogP contribution in [0.4, 0.5) is 5.69 Å². The number of anilines is 1. The topological polar surface area (TPSA) is 50.4 Å². The summed E-state index contributed by atoms with van der Waals surface area (Å²) in [5, 5.41) is 5.92. The second kappa shape index (κ2) is 8.90. The fraction of sp³-hybridized carbons (Fsp3) is 0.222. The number of para-hydroxylation sites is 2. The Kier molecular flexibility index (Phi) is 6.56. The van der Waals surface area contributed by atoms with E-state index in [0.29, 0.717) is 12.2 Å². The molecule has 0 bridgehead atoms. The number of ether oxygens (including phenoxy) is 1. The van der Waals surface area contributed by atoms with Gasteiger partial charge in [-0.2, -0.15) is 0 Å². The van der Waals surface area contributed by atoms with E-state index in [4.69, 9.17) is 17.0 Å². The molecule has 0 spiro atoms. The van der Waals surface area contributed by atoms with Crippen LogP contribution < -0.4 is 15.4 Å². The molecule has 2 aromatic rings. The summed E-state index contributed by atoms with van der Waals surface area (Å²) in [6.07, 6.45) is 2.06. The number of unbranched alkanes of at least 4 members (excludes halogenated alkanes) is 1. The highest BCUT2D eigenvalue weighted by Crippen LogP contribution is 2.23. The van der Waals surface area contributed by atoms with Gasteiger partial charge in [-0.3, -0.25) is 10.1 Å². The molecule has 0 aliphatic rings. The maximum Gasteiger partial charge on any atom is 0.257 e. The molecule has 0 saturated carbocycles. The first-order valence-electron chi connectivity index (χ1n) is 7.60. The number of amides is 1. The average Bonchev–Trinajstić information content (AvgIpc) is 2.57. The minimum atomic E-state index is -0.243. The van der Waals surface area contributed by atoms with Gasteiger partial charge in [0.25, 0.3) is 5.91 Å². The minimum absolute atomic E-state index is 0.241. The zero-order valence-electron chi connectivity index (χ0n) is 13.0. The van der Waals surface area contributed by atoms with E-state index in [-0.39, 0.29) is 11.0 Å². The normalized spacial score (nSPS) is 9.96. The Bertz CT molecular complexity index is 659. The molecular formula is C18H20N2O2S. The molecular weight excluding hydrogens is 308 g/mol. The molecule has 120 valence electrons. The van der Waals surface area contributed by atoms with Gasteiger partial charge >= 0.3 is 0 Å². The quantitative estimate of drug-likeness (QED) is 0.622. The Labute approximate surface area is 141 Å². The molecule has 0 radical (unpaired) electrons. The van der Waals surface area contributed by atoms with Crippen LogP contribution in [0.15, 0.2) is 54.6 Å². The van der Waals surface area contributed by atoms with Crippen LogP contribution in [0.3, 0.4) is 0 Å². The number of thiocarbonyl (C=S) groups is 1. The van der Waals surface area contributed by atoms with Gasteiger partial charge in [-0.15, -0.1) is 0 Å². The summed E-state index contributed by atoms with van der Waals surface area (Å²) in [5.41, 5.74) is 1.30. The smallest absolute Gasteiger partial charge is 0.257 e. The first-order chi connectivity index (χ1) is 11.2. The fourth-order valence-corrected chi connectivity index (χ4v) is 2.14. The lowest BCUT2D eigenvalue weighted by molar-refractivity contribution is 0.0977.